The van der Waals surface area contributed by atoms with Crippen LogP contribution in [0.15, 0.2) is 48.8 Å². The lowest BCUT2D eigenvalue weighted by atomic mass is 9.99. The number of halogens is 1. The van der Waals surface area contributed by atoms with Gasteiger partial charge in [-0.2, -0.15) is 0 Å². The third kappa shape index (κ3) is 3.08. The van der Waals surface area contributed by atoms with E-state index in [1.165, 1.54) is 37.0 Å². The second-order valence-corrected chi connectivity index (χ2v) is 6.59. The highest BCUT2D eigenvalue weighted by Gasteiger charge is 2.45. The Kier molecular flexibility index (Phi) is 4.00. The van der Waals surface area contributed by atoms with Crippen molar-refractivity contribution in [2.45, 2.75) is 37.9 Å². The van der Waals surface area contributed by atoms with Crippen LogP contribution in [-0.4, -0.2) is 28.6 Å². The number of aromatic nitrogens is 1. The van der Waals surface area contributed by atoms with E-state index in [4.69, 9.17) is 4.74 Å². The van der Waals surface area contributed by atoms with Crippen LogP contribution in [0.2, 0.25) is 0 Å². The quantitative estimate of drug-likeness (QED) is 0.842. The van der Waals surface area contributed by atoms with Crippen LogP contribution < -0.4 is 4.74 Å². The molecule has 2 heterocycles. The number of rotatable bonds is 5. The Balaban J connectivity index is 1.44. The molecule has 2 aromatic rings. The van der Waals surface area contributed by atoms with Gasteiger partial charge in [-0.1, -0.05) is 0 Å². The molecule has 1 aliphatic carbocycles. The highest BCUT2D eigenvalue weighted by molar-refractivity contribution is 5.22. The summed E-state index contributed by atoms with van der Waals surface area (Å²) in [6.45, 7) is 1.64. The van der Waals surface area contributed by atoms with Crippen LogP contribution in [0.4, 0.5) is 4.39 Å². The predicted octanol–water partition coefficient (Wildman–Crippen LogP) is 3.65. The maximum atomic E-state index is 13.0. The first-order chi connectivity index (χ1) is 11.3. The number of benzene rings is 1. The summed E-state index contributed by atoms with van der Waals surface area (Å²) in [7, 11) is 0. The number of hydrogen-bond acceptors (Lipinski definition) is 3. The molecule has 0 unspecified atom stereocenters. The van der Waals surface area contributed by atoms with Crippen LogP contribution in [0.1, 0.15) is 24.8 Å². The highest BCUT2D eigenvalue weighted by Crippen LogP contribution is 2.43. The summed E-state index contributed by atoms with van der Waals surface area (Å²) in [5.74, 6) is 1.25. The van der Waals surface area contributed by atoms with Crippen molar-refractivity contribution >= 4 is 0 Å². The molecule has 0 radical (unpaired) electrons. The fraction of sp³-hybridized carbons (Fsp3) is 0.421. The fourth-order valence-corrected chi connectivity index (χ4v) is 4.07. The van der Waals surface area contributed by atoms with E-state index >= 15 is 0 Å². The third-order valence-corrected chi connectivity index (χ3v) is 5.23. The number of pyridine rings is 1. The van der Waals surface area contributed by atoms with Crippen LogP contribution in [0.5, 0.6) is 5.75 Å². The van der Waals surface area contributed by atoms with Crippen molar-refractivity contribution in [3.8, 4) is 5.75 Å². The molecule has 1 aliphatic heterocycles. The molecule has 23 heavy (non-hydrogen) atoms. The molecule has 1 aromatic heterocycles. The Labute approximate surface area is 136 Å². The van der Waals surface area contributed by atoms with E-state index in [1.54, 1.807) is 12.1 Å². The Hall–Kier alpha value is -1.94. The zero-order valence-corrected chi connectivity index (χ0v) is 13.1. The van der Waals surface area contributed by atoms with E-state index in [0.717, 1.165) is 18.2 Å². The van der Waals surface area contributed by atoms with Crippen LogP contribution in [0.3, 0.4) is 0 Å². The average Bonchev–Trinajstić information content (AvgIpc) is 3.17. The lowest BCUT2D eigenvalue weighted by molar-refractivity contribution is 0.0867. The molecule has 120 valence electrons. The minimum Gasteiger partial charge on any atom is -0.492 e. The Bertz CT molecular complexity index is 646. The first-order valence-electron chi connectivity index (χ1n) is 8.32. The van der Waals surface area contributed by atoms with Crippen LogP contribution in [0.25, 0.3) is 0 Å². The number of ether oxygens (including phenoxy) is 1. The second kappa shape index (κ2) is 6.28. The zero-order chi connectivity index (χ0) is 15.6. The number of likely N-dealkylation sites (tertiary alicyclic amines) is 1. The Morgan fingerprint density at radius 1 is 1.09 bits per heavy atom. The molecule has 1 saturated carbocycles. The van der Waals surface area contributed by atoms with Gasteiger partial charge < -0.3 is 4.74 Å². The van der Waals surface area contributed by atoms with E-state index in [1.807, 2.05) is 12.4 Å². The lowest BCUT2D eigenvalue weighted by Gasteiger charge is -2.35. The Morgan fingerprint density at radius 3 is 2.65 bits per heavy atom. The van der Waals surface area contributed by atoms with Gasteiger partial charge in [-0.05, 0) is 67.1 Å². The van der Waals surface area contributed by atoms with E-state index in [2.05, 4.69) is 22.0 Å². The van der Waals surface area contributed by atoms with Gasteiger partial charge in [0.1, 0.15) is 18.2 Å². The highest BCUT2D eigenvalue weighted by atomic mass is 19.1. The van der Waals surface area contributed by atoms with Crippen molar-refractivity contribution in [1.82, 2.24) is 9.88 Å². The van der Waals surface area contributed by atoms with Gasteiger partial charge in [-0.15, -0.1) is 0 Å². The molecule has 3 atom stereocenters. The van der Waals surface area contributed by atoms with Gasteiger partial charge in [0.25, 0.3) is 0 Å². The van der Waals surface area contributed by atoms with E-state index in [0.29, 0.717) is 18.7 Å². The molecule has 1 aromatic carbocycles. The number of fused-ring (bicyclic) bond motifs is 2. The molecule has 0 spiro atoms. The van der Waals surface area contributed by atoms with Crippen molar-refractivity contribution < 1.29 is 9.13 Å². The average molecular weight is 312 g/mol. The minimum atomic E-state index is -0.225. The Morgan fingerprint density at radius 2 is 1.87 bits per heavy atom. The monoisotopic (exact) mass is 312 g/mol. The van der Waals surface area contributed by atoms with E-state index in [-0.39, 0.29) is 5.82 Å². The molecular weight excluding hydrogens is 291 g/mol. The van der Waals surface area contributed by atoms with Crippen molar-refractivity contribution in [1.29, 1.82) is 0 Å². The second-order valence-electron chi connectivity index (χ2n) is 6.59. The van der Waals surface area contributed by atoms with Gasteiger partial charge in [-0.25, -0.2) is 4.39 Å². The SMILES string of the molecule is Fc1ccc(OC[C@H]2[C@H]3CC[C@@H](C3)N2Cc2ccncc2)cc1. The van der Waals surface area contributed by atoms with Crippen molar-refractivity contribution in [2.75, 3.05) is 6.61 Å². The summed E-state index contributed by atoms with van der Waals surface area (Å²) in [6.07, 6.45) is 7.58. The molecule has 3 nitrogen and oxygen atoms in total. The van der Waals surface area contributed by atoms with Crippen LogP contribution in [-0.2, 0) is 6.54 Å². The maximum Gasteiger partial charge on any atom is 0.123 e. The van der Waals surface area contributed by atoms with E-state index in [9.17, 15) is 4.39 Å². The minimum absolute atomic E-state index is 0.225. The largest absolute Gasteiger partial charge is 0.492 e. The molecule has 1 saturated heterocycles. The van der Waals surface area contributed by atoms with E-state index < -0.39 is 0 Å². The van der Waals surface area contributed by atoms with Crippen molar-refractivity contribution in [2.24, 2.45) is 5.92 Å². The molecule has 4 rings (SSSR count). The predicted molar refractivity (Wildman–Crippen MR) is 86.6 cm³/mol. The van der Waals surface area contributed by atoms with Crippen molar-refractivity contribution in [3.63, 3.8) is 0 Å². The number of nitrogens with zero attached hydrogens (tertiary/aromatic N) is 2. The molecule has 2 fully saturated rings. The van der Waals surface area contributed by atoms with Crippen molar-refractivity contribution in [3.05, 3.63) is 60.2 Å². The maximum absolute atomic E-state index is 13.0. The zero-order valence-electron chi connectivity index (χ0n) is 13.1. The topological polar surface area (TPSA) is 25.4 Å². The molecule has 2 bridgehead atoms. The molecule has 0 amide bonds. The standard InChI is InChI=1S/C19H21FN2O/c20-16-2-5-18(6-3-16)23-13-19-15-1-4-17(11-15)22(19)12-14-7-9-21-10-8-14/h2-3,5-10,15,17,19H,1,4,11-13H2/t15-,17-,19-/m0/s1. The van der Waals surface area contributed by atoms with Gasteiger partial charge >= 0.3 is 0 Å². The van der Waals surface area contributed by atoms with Gasteiger partial charge in [0.15, 0.2) is 0 Å². The summed E-state index contributed by atoms with van der Waals surface area (Å²) in [5, 5.41) is 0. The van der Waals surface area contributed by atoms with Gasteiger partial charge in [0.2, 0.25) is 0 Å². The molecule has 2 aliphatic rings. The first kappa shape index (κ1) is 14.6. The first-order valence-corrected chi connectivity index (χ1v) is 8.32. The number of hydrogen-bond donors (Lipinski definition) is 0. The smallest absolute Gasteiger partial charge is 0.123 e. The summed E-state index contributed by atoms with van der Waals surface area (Å²) in [6, 6.07) is 11.6. The lowest BCUT2D eigenvalue weighted by Crippen LogP contribution is -2.43. The summed E-state index contributed by atoms with van der Waals surface area (Å²) in [4.78, 5) is 6.69. The summed E-state index contributed by atoms with van der Waals surface area (Å²) >= 11 is 0. The normalized spacial score (nSPS) is 26.6. The molecular formula is C19H21FN2O. The van der Waals surface area contributed by atoms with Crippen LogP contribution >= 0.6 is 0 Å². The van der Waals surface area contributed by atoms with Gasteiger partial charge in [0.05, 0.1) is 0 Å². The summed E-state index contributed by atoms with van der Waals surface area (Å²) < 4.78 is 18.9. The summed E-state index contributed by atoms with van der Waals surface area (Å²) in [5.41, 5.74) is 1.30. The third-order valence-electron chi connectivity index (χ3n) is 5.23. The van der Waals surface area contributed by atoms with Crippen LogP contribution in [0, 0.1) is 11.7 Å². The molecule has 4 heteroatoms. The fourth-order valence-electron chi connectivity index (χ4n) is 4.07. The molecule has 0 N–H and O–H groups in total. The van der Waals surface area contributed by atoms with Gasteiger partial charge in [-0.3, -0.25) is 9.88 Å². The number of piperidine rings is 1. The van der Waals surface area contributed by atoms with Gasteiger partial charge in [0, 0.05) is 31.0 Å².